The predicted molar refractivity (Wildman–Crippen MR) is 214 cm³/mol. The third kappa shape index (κ3) is 5.28. The minimum absolute atomic E-state index is 1.20. The summed E-state index contributed by atoms with van der Waals surface area (Å²) in [5, 5.41) is 5.04. The zero-order valence-corrected chi connectivity index (χ0v) is 27.6. The largest absolute Gasteiger partial charge is 0.0622 e. The van der Waals surface area contributed by atoms with Gasteiger partial charge in [-0.25, -0.2) is 0 Å². The number of rotatable bonds is 6. The number of fused-ring (bicyclic) bond motifs is 2. The van der Waals surface area contributed by atoms with Crippen LogP contribution in [0.3, 0.4) is 0 Å². The molecule has 0 fully saturated rings. The standard InChI is InChI=1S/C50H34/c1-4-17-35(18-5-1)38-23-16-24-39(33-38)42-32-31-40(34-48(42)43-26-11-10-25-41(43)36-19-6-2-7-20-36)50-46-29-14-12-27-44(46)49(37-21-8-3-9-22-37)45-28-13-15-30-47(45)50/h1-34H. The Labute approximate surface area is 293 Å². The first kappa shape index (κ1) is 29.6. The number of hydrogen-bond acceptors (Lipinski definition) is 0. The Hall–Kier alpha value is -6.50. The zero-order chi connectivity index (χ0) is 33.3. The van der Waals surface area contributed by atoms with Crippen LogP contribution in [-0.2, 0) is 0 Å². The van der Waals surface area contributed by atoms with E-state index < -0.39 is 0 Å². The molecule has 9 aromatic carbocycles. The fourth-order valence-electron chi connectivity index (χ4n) is 7.61. The molecule has 0 nitrogen and oxygen atoms in total. The Balaban J connectivity index is 1.34. The summed E-state index contributed by atoms with van der Waals surface area (Å²) >= 11 is 0. The minimum Gasteiger partial charge on any atom is -0.0622 e. The highest BCUT2D eigenvalue weighted by Gasteiger charge is 2.19. The van der Waals surface area contributed by atoms with Crippen molar-refractivity contribution in [3.8, 4) is 66.8 Å². The first-order chi connectivity index (χ1) is 24.8. The van der Waals surface area contributed by atoms with Crippen molar-refractivity contribution in [2.45, 2.75) is 0 Å². The second-order valence-electron chi connectivity index (χ2n) is 12.8. The molecule has 0 bridgehead atoms. The van der Waals surface area contributed by atoms with Crippen molar-refractivity contribution in [2.24, 2.45) is 0 Å². The van der Waals surface area contributed by atoms with Crippen LogP contribution < -0.4 is 0 Å². The van der Waals surface area contributed by atoms with Gasteiger partial charge in [0.1, 0.15) is 0 Å². The van der Waals surface area contributed by atoms with Crippen molar-refractivity contribution in [2.75, 3.05) is 0 Å². The van der Waals surface area contributed by atoms with Gasteiger partial charge in [-0.2, -0.15) is 0 Å². The zero-order valence-electron chi connectivity index (χ0n) is 27.6. The molecule has 0 saturated carbocycles. The summed E-state index contributed by atoms with van der Waals surface area (Å²) in [5.74, 6) is 0. The van der Waals surface area contributed by atoms with Gasteiger partial charge in [0.05, 0.1) is 0 Å². The van der Waals surface area contributed by atoms with Crippen LogP contribution >= 0.6 is 0 Å². The van der Waals surface area contributed by atoms with Crippen LogP contribution in [0.1, 0.15) is 0 Å². The van der Waals surface area contributed by atoms with Crippen LogP contribution in [0.4, 0.5) is 0 Å². The normalized spacial score (nSPS) is 11.2. The van der Waals surface area contributed by atoms with E-state index in [1.54, 1.807) is 0 Å². The van der Waals surface area contributed by atoms with Crippen molar-refractivity contribution < 1.29 is 0 Å². The van der Waals surface area contributed by atoms with Gasteiger partial charge in [0, 0.05) is 0 Å². The summed E-state index contributed by atoms with van der Waals surface area (Å²) in [6.07, 6.45) is 0. The van der Waals surface area contributed by atoms with E-state index in [1.165, 1.54) is 88.3 Å². The second-order valence-corrected chi connectivity index (χ2v) is 12.8. The highest BCUT2D eigenvalue weighted by molar-refractivity contribution is 6.21. The van der Waals surface area contributed by atoms with E-state index in [1.807, 2.05) is 0 Å². The molecule has 0 spiro atoms. The number of hydrogen-bond donors (Lipinski definition) is 0. The van der Waals surface area contributed by atoms with Gasteiger partial charge in [-0.15, -0.1) is 0 Å². The van der Waals surface area contributed by atoms with Crippen LogP contribution in [0.2, 0.25) is 0 Å². The van der Waals surface area contributed by atoms with E-state index in [-0.39, 0.29) is 0 Å². The molecule has 0 aliphatic carbocycles. The third-order valence-corrected chi connectivity index (χ3v) is 9.88. The van der Waals surface area contributed by atoms with Crippen LogP contribution in [0, 0.1) is 0 Å². The molecule has 234 valence electrons. The quantitative estimate of drug-likeness (QED) is 0.160. The molecule has 9 aromatic rings. The topological polar surface area (TPSA) is 0 Å². The Morgan fingerprint density at radius 2 is 0.600 bits per heavy atom. The molecular formula is C50H34. The van der Waals surface area contributed by atoms with Crippen LogP contribution in [-0.4, -0.2) is 0 Å². The van der Waals surface area contributed by atoms with Crippen LogP contribution in [0.5, 0.6) is 0 Å². The Bertz CT molecular complexity index is 2560. The lowest BCUT2D eigenvalue weighted by Crippen LogP contribution is -1.93. The molecule has 9 rings (SSSR count). The van der Waals surface area contributed by atoms with Crippen molar-refractivity contribution in [1.29, 1.82) is 0 Å². The first-order valence-electron chi connectivity index (χ1n) is 17.3. The molecular weight excluding hydrogens is 601 g/mol. The van der Waals surface area contributed by atoms with Gasteiger partial charge in [-0.3, -0.25) is 0 Å². The fourth-order valence-corrected chi connectivity index (χ4v) is 7.61. The maximum absolute atomic E-state index is 2.43. The smallest absolute Gasteiger partial charge is 0.00261 e. The van der Waals surface area contributed by atoms with Crippen LogP contribution in [0.15, 0.2) is 206 Å². The molecule has 0 heterocycles. The number of benzene rings is 9. The molecule has 0 saturated heterocycles. The van der Waals surface area contributed by atoms with E-state index in [4.69, 9.17) is 0 Å². The molecule has 0 atom stereocenters. The van der Waals surface area contributed by atoms with Gasteiger partial charge in [0.25, 0.3) is 0 Å². The lowest BCUT2D eigenvalue weighted by atomic mass is 9.83. The summed E-state index contributed by atoms with van der Waals surface area (Å²) in [4.78, 5) is 0. The second kappa shape index (κ2) is 12.8. The van der Waals surface area contributed by atoms with Crippen molar-refractivity contribution >= 4 is 21.5 Å². The van der Waals surface area contributed by atoms with Gasteiger partial charge in [0.15, 0.2) is 0 Å². The highest BCUT2D eigenvalue weighted by atomic mass is 14.2. The van der Waals surface area contributed by atoms with Gasteiger partial charge in [0.2, 0.25) is 0 Å². The summed E-state index contributed by atoms with van der Waals surface area (Å²) in [6, 6.07) is 74.9. The van der Waals surface area contributed by atoms with Crippen molar-refractivity contribution in [3.63, 3.8) is 0 Å². The van der Waals surface area contributed by atoms with Gasteiger partial charge >= 0.3 is 0 Å². The average Bonchev–Trinajstić information content (AvgIpc) is 3.21. The minimum atomic E-state index is 1.20. The van der Waals surface area contributed by atoms with Crippen molar-refractivity contribution in [3.05, 3.63) is 206 Å². The first-order valence-corrected chi connectivity index (χ1v) is 17.3. The molecule has 50 heavy (non-hydrogen) atoms. The Morgan fingerprint density at radius 1 is 0.180 bits per heavy atom. The SMILES string of the molecule is c1ccc(-c2cccc(-c3ccc(-c4c5ccccc5c(-c5ccccc5)c5ccccc45)cc3-c3ccccc3-c3ccccc3)c2)cc1. The van der Waals surface area contributed by atoms with E-state index in [2.05, 4.69) is 206 Å². The monoisotopic (exact) mass is 634 g/mol. The molecule has 0 amide bonds. The van der Waals surface area contributed by atoms with Gasteiger partial charge in [-0.1, -0.05) is 194 Å². The Kier molecular flexibility index (Phi) is 7.61. The molecule has 0 heteroatoms. The Morgan fingerprint density at radius 3 is 1.20 bits per heavy atom. The van der Waals surface area contributed by atoms with E-state index in [0.29, 0.717) is 0 Å². The molecule has 0 aromatic heterocycles. The highest BCUT2D eigenvalue weighted by Crippen LogP contribution is 2.46. The third-order valence-electron chi connectivity index (χ3n) is 9.88. The maximum Gasteiger partial charge on any atom is -0.00261 e. The summed E-state index contributed by atoms with van der Waals surface area (Å²) in [7, 11) is 0. The molecule has 0 unspecified atom stereocenters. The van der Waals surface area contributed by atoms with E-state index in [9.17, 15) is 0 Å². The van der Waals surface area contributed by atoms with Crippen LogP contribution in [0.25, 0.3) is 88.3 Å². The van der Waals surface area contributed by atoms with Crippen molar-refractivity contribution in [1.82, 2.24) is 0 Å². The lowest BCUT2D eigenvalue weighted by molar-refractivity contribution is 1.55. The average molecular weight is 635 g/mol. The van der Waals surface area contributed by atoms with E-state index in [0.717, 1.165) is 0 Å². The van der Waals surface area contributed by atoms with E-state index >= 15 is 0 Å². The molecule has 0 N–H and O–H groups in total. The molecule has 0 radical (unpaired) electrons. The maximum atomic E-state index is 2.43. The summed E-state index contributed by atoms with van der Waals surface area (Å²) in [6.45, 7) is 0. The summed E-state index contributed by atoms with van der Waals surface area (Å²) < 4.78 is 0. The lowest BCUT2D eigenvalue weighted by Gasteiger charge is -2.20. The predicted octanol–water partition coefficient (Wildman–Crippen LogP) is 14.0. The van der Waals surface area contributed by atoms with Gasteiger partial charge < -0.3 is 0 Å². The fraction of sp³-hybridized carbons (Fsp3) is 0. The summed E-state index contributed by atoms with van der Waals surface area (Å²) in [5.41, 5.74) is 14.7. The van der Waals surface area contributed by atoms with Gasteiger partial charge in [-0.05, 0) is 100 Å². The molecule has 0 aliphatic heterocycles. The molecule has 0 aliphatic rings.